The van der Waals surface area contributed by atoms with Crippen molar-refractivity contribution in [3.8, 4) is 11.5 Å². The van der Waals surface area contributed by atoms with Crippen LogP contribution in [0, 0.1) is 28.6 Å². The molecule has 8 heteroatoms. The number of anilines is 1. The number of Topliss-reactive ketones (excluding diaryl/α,β-unsaturated/α-hetero) is 1. The summed E-state index contributed by atoms with van der Waals surface area (Å²) in [6, 6.07) is 14.5. The van der Waals surface area contributed by atoms with E-state index in [0.29, 0.717) is 30.0 Å². The van der Waals surface area contributed by atoms with Crippen molar-refractivity contribution >= 4 is 17.3 Å². The zero-order valence-corrected chi connectivity index (χ0v) is 23.9. The lowest BCUT2D eigenvalue weighted by atomic mass is 9.46. The zero-order chi connectivity index (χ0) is 29.4. The Kier molecular flexibility index (Phi) is 6.30. The van der Waals surface area contributed by atoms with Crippen LogP contribution < -0.4 is 10.5 Å². The van der Waals surface area contributed by atoms with Gasteiger partial charge in [-0.1, -0.05) is 43.7 Å². The van der Waals surface area contributed by atoms with Gasteiger partial charge in [-0.25, -0.2) is 0 Å². The number of rotatable bonds is 5. The van der Waals surface area contributed by atoms with E-state index in [0.717, 1.165) is 24.0 Å². The predicted octanol–water partition coefficient (Wildman–Crippen LogP) is 4.66. The van der Waals surface area contributed by atoms with Crippen LogP contribution in [0.1, 0.15) is 51.4 Å². The van der Waals surface area contributed by atoms with E-state index in [9.17, 15) is 19.8 Å². The molecule has 3 saturated carbocycles. The summed E-state index contributed by atoms with van der Waals surface area (Å²) in [4.78, 5) is 25.9. The third kappa shape index (κ3) is 3.82. The van der Waals surface area contributed by atoms with Gasteiger partial charge in [-0.15, -0.1) is 0 Å². The molecule has 1 heterocycles. The molecule has 1 saturated heterocycles. The first-order chi connectivity index (χ1) is 20.1. The highest BCUT2D eigenvalue weighted by Gasteiger charge is 2.75. The van der Waals surface area contributed by atoms with Gasteiger partial charge in [-0.2, -0.15) is 0 Å². The van der Waals surface area contributed by atoms with Gasteiger partial charge in [-0.05, 0) is 73.9 Å². The molecule has 1 aliphatic heterocycles. The van der Waals surface area contributed by atoms with Crippen LogP contribution in [0.4, 0.5) is 5.69 Å². The SMILES string of the molecule is C[C@]12C=CC(=O)C=C1CC[C@@H]1[C@@H]2[C@@H](O)C[C@@]2(C)[C@H]1C[C@H]1O[C@H](c3ccc(Oc4cccc(N)c4)cc3)O[C@]12C(=O)CO. The number of ether oxygens (including phenoxy) is 3. The fraction of sp³-hybridized carbons (Fsp3) is 0.471. The minimum Gasteiger partial charge on any atom is -0.457 e. The smallest absolute Gasteiger partial charge is 0.193 e. The molecule has 0 aromatic heterocycles. The van der Waals surface area contributed by atoms with Gasteiger partial charge in [0, 0.05) is 34.1 Å². The summed E-state index contributed by atoms with van der Waals surface area (Å²) in [5, 5.41) is 22.0. The lowest BCUT2D eigenvalue weighted by Crippen LogP contribution is -2.63. The Morgan fingerprint density at radius 1 is 1.14 bits per heavy atom. The molecular formula is C34H37NO7. The van der Waals surface area contributed by atoms with Crippen LogP contribution in [0.25, 0.3) is 0 Å². The average molecular weight is 572 g/mol. The molecule has 0 bridgehead atoms. The van der Waals surface area contributed by atoms with Gasteiger partial charge < -0.3 is 30.2 Å². The zero-order valence-electron chi connectivity index (χ0n) is 23.9. The molecule has 7 rings (SSSR count). The molecule has 0 amide bonds. The second-order valence-corrected chi connectivity index (χ2v) is 13.1. The topological polar surface area (TPSA) is 128 Å². The number of aliphatic hydroxyl groups excluding tert-OH is 2. The van der Waals surface area contributed by atoms with E-state index in [2.05, 4.69) is 6.92 Å². The number of ketones is 2. The molecule has 42 heavy (non-hydrogen) atoms. The van der Waals surface area contributed by atoms with Crippen molar-refractivity contribution in [2.75, 3.05) is 12.3 Å². The Balaban J connectivity index is 1.18. The number of carbonyl (C=O) groups excluding carboxylic acids is 2. The maximum absolute atomic E-state index is 13.7. The van der Waals surface area contributed by atoms with E-state index in [4.69, 9.17) is 19.9 Å². The first kappa shape index (κ1) is 27.5. The number of hydrogen-bond acceptors (Lipinski definition) is 8. The summed E-state index contributed by atoms with van der Waals surface area (Å²) in [5.41, 5.74) is 5.75. The first-order valence-electron chi connectivity index (χ1n) is 14.8. The number of allylic oxidation sites excluding steroid dienone is 4. The minimum atomic E-state index is -1.38. The second kappa shape index (κ2) is 9.61. The van der Waals surface area contributed by atoms with Gasteiger partial charge in [0.15, 0.2) is 23.5 Å². The van der Waals surface area contributed by atoms with E-state index < -0.39 is 47.3 Å². The molecular weight excluding hydrogens is 534 g/mol. The van der Waals surface area contributed by atoms with Gasteiger partial charge in [0.05, 0.1) is 12.2 Å². The van der Waals surface area contributed by atoms with Crippen LogP contribution in [0.15, 0.2) is 72.3 Å². The van der Waals surface area contributed by atoms with Crippen LogP contribution in [-0.2, 0) is 19.1 Å². The van der Waals surface area contributed by atoms with Crippen LogP contribution in [0.3, 0.4) is 0 Å². The van der Waals surface area contributed by atoms with Crippen LogP contribution in [-0.4, -0.2) is 46.2 Å². The Hall–Kier alpha value is -3.30. The number of benzene rings is 2. The Labute approximate surface area is 245 Å². The third-order valence-electron chi connectivity index (χ3n) is 11.0. The van der Waals surface area contributed by atoms with E-state index in [1.54, 1.807) is 24.3 Å². The summed E-state index contributed by atoms with van der Waals surface area (Å²) < 4.78 is 19.1. The molecule has 4 aliphatic carbocycles. The van der Waals surface area contributed by atoms with E-state index >= 15 is 0 Å². The molecule has 9 atom stereocenters. The van der Waals surface area contributed by atoms with Gasteiger partial charge >= 0.3 is 0 Å². The molecule has 2 aromatic carbocycles. The molecule has 220 valence electrons. The number of carbonyl (C=O) groups is 2. The number of nitrogens with two attached hydrogens (primary N) is 1. The predicted molar refractivity (Wildman–Crippen MR) is 154 cm³/mol. The molecule has 0 unspecified atom stereocenters. The van der Waals surface area contributed by atoms with Gasteiger partial charge in [-0.3, -0.25) is 9.59 Å². The fourth-order valence-electron chi connectivity index (χ4n) is 9.24. The normalized spacial score (nSPS) is 40.0. The number of fused-ring (bicyclic) bond motifs is 7. The highest BCUT2D eigenvalue weighted by atomic mass is 16.7. The van der Waals surface area contributed by atoms with Crippen molar-refractivity contribution in [2.45, 2.75) is 63.6 Å². The maximum atomic E-state index is 13.7. The standard InChI is InChI=1S/C34H37NO7/c1-32-13-12-22(37)14-20(32)8-11-25-26-16-29-34(28(39)18-36,33(26,2)17-27(38)30(25)32)42-31(41-29)19-6-9-23(10-7-19)40-24-5-3-4-21(35)15-24/h3-7,9-10,12-15,25-27,29-31,36,38H,8,11,16-18,35H2,1-2H3/t25-,26-,27-,29+,30+,31-,32-,33-,34+/m0/s1. The highest BCUT2D eigenvalue weighted by Crippen LogP contribution is 2.70. The Morgan fingerprint density at radius 3 is 2.67 bits per heavy atom. The van der Waals surface area contributed by atoms with Gasteiger partial charge in [0.1, 0.15) is 18.1 Å². The fourth-order valence-corrected chi connectivity index (χ4v) is 9.24. The molecule has 2 aromatic rings. The van der Waals surface area contributed by atoms with Gasteiger partial charge in [0.2, 0.25) is 0 Å². The third-order valence-corrected chi connectivity index (χ3v) is 11.0. The quantitative estimate of drug-likeness (QED) is 0.442. The molecule has 8 nitrogen and oxygen atoms in total. The second-order valence-electron chi connectivity index (χ2n) is 13.1. The molecule has 0 radical (unpaired) electrons. The van der Waals surface area contributed by atoms with Crippen molar-refractivity contribution in [3.05, 3.63) is 77.9 Å². The summed E-state index contributed by atoms with van der Waals surface area (Å²) in [6.45, 7) is 3.49. The van der Waals surface area contributed by atoms with Crippen LogP contribution >= 0.6 is 0 Å². The lowest BCUT2D eigenvalue weighted by molar-refractivity contribution is -0.201. The maximum Gasteiger partial charge on any atom is 0.193 e. The van der Waals surface area contributed by atoms with E-state index in [1.807, 2.05) is 49.4 Å². The average Bonchev–Trinajstić information content (AvgIpc) is 3.46. The summed E-state index contributed by atoms with van der Waals surface area (Å²) >= 11 is 0. The van der Waals surface area contributed by atoms with Crippen molar-refractivity contribution in [3.63, 3.8) is 0 Å². The summed E-state index contributed by atoms with van der Waals surface area (Å²) in [5.74, 6) is 0.917. The van der Waals surface area contributed by atoms with Gasteiger partial charge in [0.25, 0.3) is 0 Å². The van der Waals surface area contributed by atoms with E-state index in [1.165, 1.54) is 0 Å². The lowest BCUT2D eigenvalue weighted by Gasteiger charge is -2.59. The van der Waals surface area contributed by atoms with Crippen molar-refractivity contribution in [2.24, 2.45) is 28.6 Å². The van der Waals surface area contributed by atoms with Crippen molar-refractivity contribution < 1.29 is 34.0 Å². The number of nitrogen functional groups attached to an aromatic ring is 1. The minimum absolute atomic E-state index is 0.00356. The largest absolute Gasteiger partial charge is 0.457 e. The Bertz CT molecular complexity index is 1500. The summed E-state index contributed by atoms with van der Waals surface area (Å²) in [6.07, 6.45) is 5.79. The van der Waals surface area contributed by atoms with E-state index in [-0.39, 0.29) is 23.5 Å². The molecule has 4 N–H and O–H groups in total. The Morgan fingerprint density at radius 2 is 1.93 bits per heavy atom. The summed E-state index contributed by atoms with van der Waals surface area (Å²) in [7, 11) is 0. The first-order valence-corrected chi connectivity index (χ1v) is 14.8. The van der Waals surface area contributed by atoms with Crippen molar-refractivity contribution in [1.29, 1.82) is 0 Å². The molecule has 0 spiro atoms. The molecule has 4 fully saturated rings. The number of hydrogen-bond donors (Lipinski definition) is 3. The number of aliphatic hydroxyl groups is 2. The van der Waals surface area contributed by atoms with Crippen molar-refractivity contribution in [1.82, 2.24) is 0 Å². The monoisotopic (exact) mass is 571 g/mol. The van der Waals surface area contributed by atoms with Crippen LogP contribution in [0.5, 0.6) is 11.5 Å². The van der Waals surface area contributed by atoms with Crippen LogP contribution in [0.2, 0.25) is 0 Å². The molecule has 5 aliphatic rings. The highest BCUT2D eigenvalue weighted by molar-refractivity contribution is 6.01.